The molecule has 2 aromatic carbocycles. The van der Waals surface area contributed by atoms with Crippen molar-refractivity contribution in [1.82, 2.24) is 0 Å². The summed E-state index contributed by atoms with van der Waals surface area (Å²) in [5.74, 6) is -2.30. The zero-order valence-corrected chi connectivity index (χ0v) is 15.7. The Hall–Kier alpha value is -3.22. The molecule has 0 aliphatic carbocycles. The van der Waals surface area contributed by atoms with Crippen LogP contribution < -0.4 is 10.2 Å². The summed E-state index contributed by atoms with van der Waals surface area (Å²) >= 11 is 0. The van der Waals surface area contributed by atoms with E-state index in [0.717, 1.165) is 16.8 Å². The molecule has 1 aliphatic rings. The molecule has 0 unspecified atom stereocenters. The van der Waals surface area contributed by atoms with Gasteiger partial charge in [0.2, 0.25) is 5.91 Å². The number of esters is 1. The number of hydrogen-bond acceptors (Lipinski definition) is 4. The third-order valence-electron chi connectivity index (χ3n) is 4.64. The fourth-order valence-corrected chi connectivity index (χ4v) is 3.30. The van der Waals surface area contributed by atoms with E-state index in [-0.39, 0.29) is 18.9 Å². The molecule has 6 nitrogen and oxygen atoms in total. The van der Waals surface area contributed by atoms with Crippen molar-refractivity contribution in [1.29, 1.82) is 0 Å². The Morgan fingerprint density at radius 3 is 2.43 bits per heavy atom. The molecule has 146 valence electrons. The fraction of sp³-hybridized carbons (Fsp3) is 0.286. The van der Waals surface area contributed by atoms with E-state index in [1.54, 1.807) is 4.90 Å². The highest BCUT2D eigenvalue weighted by Gasteiger charge is 2.37. The first-order chi connectivity index (χ1) is 13.3. The number of amides is 2. The number of ether oxygens (including phenoxy) is 1. The molecule has 2 aromatic rings. The molecule has 1 aliphatic heterocycles. The van der Waals surface area contributed by atoms with Crippen LogP contribution in [0.25, 0.3) is 0 Å². The third-order valence-corrected chi connectivity index (χ3v) is 4.64. The molecule has 1 N–H and O–H groups in total. The van der Waals surface area contributed by atoms with Crippen LogP contribution in [0.5, 0.6) is 0 Å². The van der Waals surface area contributed by atoms with Crippen LogP contribution in [0.4, 0.5) is 15.8 Å². The molecule has 0 saturated carbocycles. The van der Waals surface area contributed by atoms with Gasteiger partial charge in [0.05, 0.1) is 5.92 Å². The van der Waals surface area contributed by atoms with E-state index in [1.807, 2.05) is 32.0 Å². The van der Waals surface area contributed by atoms with Gasteiger partial charge in [-0.1, -0.05) is 18.2 Å². The van der Waals surface area contributed by atoms with Gasteiger partial charge < -0.3 is 15.0 Å². The van der Waals surface area contributed by atoms with Gasteiger partial charge in [-0.25, -0.2) is 4.39 Å². The minimum atomic E-state index is -0.620. The van der Waals surface area contributed by atoms with E-state index < -0.39 is 30.2 Å². The third kappa shape index (κ3) is 4.36. The number of rotatable bonds is 5. The van der Waals surface area contributed by atoms with Crippen molar-refractivity contribution in [2.45, 2.75) is 20.3 Å². The summed E-state index contributed by atoms with van der Waals surface area (Å²) in [5.41, 5.74) is 3.14. The Bertz CT molecular complexity index is 891. The average Bonchev–Trinajstić information content (AvgIpc) is 3.03. The van der Waals surface area contributed by atoms with Crippen molar-refractivity contribution in [2.24, 2.45) is 5.92 Å². The van der Waals surface area contributed by atoms with E-state index in [1.165, 1.54) is 24.3 Å². The van der Waals surface area contributed by atoms with Crippen molar-refractivity contribution >= 4 is 29.2 Å². The number of hydrogen-bond donors (Lipinski definition) is 1. The number of nitrogens with one attached hydrogen (secondary N) is 1. The predicted molar refractivity (Wildman–Crippen MR) is 102 cm³/mol. The average molecular weight is 384 g/mol. The largest absolute Gasteiger partial charge is 0.455 e. The van der Waals surface area contributed by atoms with Crippen LogP contribution in [0.2, 0.25) is 0 Å². The molecular formula is C21H21FN2O4. The lowest BCUT2D eigenvalue weighted by Crippen LogP contribution is -2.29. The second-order valence-corrected chi connectivity index (χ2v) is 6.81. The monoisotopic (exact) mass is 384 g/mol. The topological polar surface area (TPSA) is 75.7 Å². The summed E-state index contributed by atoms with van der Waals surface area (Å²) in [6, 6.07) is 11.0. The van der Waals surface area contributed by atoms with Gasteiger partial charge in [0, 0.05) is 24.3 Å². The first kappa shape index (κ1) is 19.5. The quantitative estimate of drug-likeness (QED) is 0.804. The number of para-hydroxylation sites is 1. The maximum atomic E-state index is 12.9. The second-order valence-electron chi connectivity index (χ2n) is 6.81. The highest BCUT2D eigenvalue weighted by atomic mass is 19.1. The van der Waals surface area contributed by atoms with Crippen LogP contribution >= 0.6 is 0 Å². The normalized spacial score (nSPS) is 16.2. The maximum absolute atomic E-state index is 12.9. The molecule has 1 fully saturated rings. The molecule has 7 heteroatoms. The van der Waals surface area contributed by atoms with Crippen molar-refractivity contribution in [3.63, 3.8) is 0 Å². The number of carbonyl (C=O) groups is 3. The number of aryl methyl sites for hydroxylation is 2. The predicted octanol–water partition coefficient (Wildman–Crippen LogP) is 2.98. The van der Waals surface area contributed by atoms with Crippen molar-refractivity contribution in [2.75, 3.05) is 23.4 Å². The molecule has 0 bridgehead atoms. The van der Waals surface area contributed by atoms with Gasteiger partial charge in [-0.05, 0) is 49.2 Å². The van der Waals surface area contributed by atoms with Crippen LogP contribution in [0.15, 0.2) is 42.5 Å². The first-order valence-corrected chi connectivity index (χ1v) is 8.94. The Labute approximate surface area is 162 Å². The lowest BCUT2D eigenvalue weighted by Gasteiger charge is -2.21. The molecule has 1 saturated heterocycles. The van der Waals surface area contributed by atoms with E-state index >= 15 is 0 Å². The second kappa shape index (κ2) is 8.21. The maximum Gasteiger partial charge on any atom is 0.311 e. The molecule has 28 heavy (non-hydrogen) atoms. The van der Waals surface area contributed by atoms with Crippen LogP contribution in [0.3, 0.4) is 0 Å². The van der Waals surface area contributed by atoms with Crippen molar-refractivity contribution in [3.05, 3.63) is 59.4 Å². The van der Waals surface area contributed by atoms with Gasteiger partial charge in [0.15, 0.2) is 6.61 Å². The molecule has 0 radical (unpaired) electrons. The Kier molecular flexibility index (Phi) is 5.73. The Morgan fingerprint density at radius 1 is 1.14 bits per heavy atom. The van der Waals surface area contributed by atoms with E-state index in [4.69, 9.17) is 4.74 Å². The zero-order valence-electron chi connectivity index (χ0n) is 15.7. The molecule has 1 heterocycles. The Morgan fingerprint density at radius 2 is 1.79 bits per heavy atom. The van der Waals surface area contributed by atoms with Gasteiger partial charge in [0.25, 0.3) is 5.91 Å². The summed E-state index contributed by atoms with van der Waals surface area (Å²) in [6.45, 7) is 3.59. The highest BCUT2D eigenvalue weighted by Crippen LogP contribution is 2.31. The summed E-state index contributed by atoms with van der Waals surface area (Å²) in [6.07, 6.45) is 0.0478. The lowest BCUT2D eigenvalue weighted by molar-refractivity contribution is -0.151. The SMILES string of the molecule is Cc1cccc(C)c1N1C[C@H](C(=O)OCC(=O)Nc2ccc(F)cc2)CC1=O. The molecule has 1 atom stereocenters. The van der Waals surface area contributed by atoms with Crippen molar-refractivity contribution < 1.29 is 23.5 Å². The summed E-state index contributed by atoms with van der Waals surface area (Å²) < 4.78 is 17.9. The van der Waals surface area contributed by atoms with Crippen LogP contribution in [-0.2, 0) is 19.1 Å². The molecular weight excluding hydrogens is 363 g/mol. The molecule has 0 aromatic heterocycles. The van der Waals surface area contributed by atoms with Gasteiger partial charge in [-0.3, -0.25) is 14.4 Å². The van der Waals surface area contributed by atoms with Gasteiger partial charge in [-0.15, -0.1) is 0 Å². The number of nitrogens with zero attached hydrogens (tertiary/aromatic N) is 1. The van der Waals surface area contributed by atoms with Gasteiger partial charge in [0.1, 0.15) is 5.82 Å². The number of carbonyl (C=O) groups excluding carboxylic acids is 3. The first-order valence-electron chi connectivity index (χ1n) is 8.94. The van der Waals surface area contributed by atoms with Crippen LogP contribution in [0.1, 0.15) is 17.5 Å². The Balaban J connectivity index is 1.56. The van der Waals surface area contributed by atoms with Gasteiger partial charge in [-0.2, -0.15) is 0 Å². The molecule has 3 rings (SSSR count). The number of benzene rings is 2. The molecule has 0 spiro atoms. The number of halogens is 1. The zero-order chi connectivity index (χ0) is 20.3. The van der Waals surface area contributed by atoms with E-state index in [2.05, 4.69) is 5.32 Å². The molecule has 2 amide bonds. The highest BCUT2D eigenvalue weighted by molar-refractivity contribution is 6.01. The minimum absolute atomic E-state index is 0.0478. The summed E-state index contributed by atoms with van der Waals surface area (Å²) in [5, 5.41) is 2.51. The van der Waals surface area contributed by atoms with E-state index in [0.29, 0.717) is 5.69 Å². The smallest absolute Gasteiger partial charge is 0.311 e. The standard InChI is InChI=1S/C21H21FN2O4/c1-13-4-3-5-14(2)20(13)24-11-15(10-19(24)26)21(27)28-12-18(25)23-17-8-6-16(22)7-9-17/h3-9,15H,10-12H2,1-2H3,(H,23,25)/t15-/m1/s1. The minimum Gasteiger partial charge on any atom is -0.455 e. The summed E-state index contributed by atoms with van der Waals surface area (Å²) in [4.78, 5) is 38.2. The van der Waals surface area contributed by atoms with Crippen molar-refractivity contribution in [3.8, 4) is 0 Å². The van der Waals surface area contributed by atoms with E-state index in [9.17, 15) is 18.8 Å². The van der Waals surface area contributed by atoms with Crippen LogP contribution in [0, 0.1) is 25.6 Å². The number of anilines is 2. The fourth-order valence-electron chi connectivity index (χ4n) is 3.30. The van der Waals surface area contributed by atoms with Crippen LogP contribution in [-0.4, -0.2) is 30.9 Å². The van der Waals surface area contributed by atoms with Gasteiger partial charge >= 0.3 is 5.97 Å². The lowest BCUT2D eigenvalue weighted by atomic mass is 10.1. The summed E-state index contributed by atoms with van der Waals surface area (Å²) in [7, 11) is 0.